The van der Waals surface area contributed by atoms with E-state index in [0.717, 1.165) is 29.8 Å². The fourth-order valence-corrected chi connectivity index (χ4v) is 3.14. The van der Waals surface area contributed by atoms with Crippen molar-refractivity contribution in [3.05, 3.63) is 59.9 Å². The van der Waals surface area contributed by atoms with Crippen LogP contribution in [0.1, 0.15) is 12.5 Å². The standard InChI is InChI=1S/C16H17FN2O3S/c1-11-4-3-5-14(10-11)18-16(20)12(2)19-23(21,22)15-8-6-13(17)7-9-15/h3-10,12,19H,1-2H3,(H,18,20)/t12-/m1/s1. The number of hydrogen-bond acceptors (Lipinski definition) is 3. The third kappa shape index (κ3) is 4.61. The lowest BCUT2D eigenvalue weighted by atomic mass is 10.2. The molecule has 0 unspecified atom stereocenters. The molecule has 5 nitrogen and oxygen atoms in total. The van der Waals surface area contributed by atoms with Gasteiger partial charge in [0.05, 0.1) is 10.9 Å². The van der Waals surface area contributed by atoms with Crippen molar-refractivity contribution in [2.75, 3.05) is 5.32 Å². The summed E-state index contributed by atoms with van der Waals surface area (Å²) in [4.78, 5) is 12.0. The molecule has 0 bridgehead atoms. The Morgan fingerprint density at radius 1 is 1.13 bits per heavy atom. The van der Waals surface area contributed by atoms with Crippen LogP contribution in [-0.2, 0) is 14.8 Å². The average Bonchev–Trinajstić information content (AvgIpc) is 2.47. The van der Waals surface area contributed by atoms with Gasteiger partial charge in [-0.3, -0.25) is 4.79 Å². The second-order valence-corrected chi connectivity index (χ2v) is 6.87. The Labute approximate surface area is 134 Å². The van der Waals surface area contributed by atoms with Gasteiger partial charge < -0.3 is 5.32 Å². The van der Waals surface area contributed by atoms with Crippen LogP contribution < -0.4 is 10.0 Å². The number of benzene rings is 2. The number of anilines is 1. The summed E-state index contributed by atoms with van der Waals surface area (Å²) in [5.41, 5.74) is 1.56. The summed E-state index contributed by atoms with van der Waals surface area (Å²) in [6, 6.07) is 10.6. The van der Waals surface area contributed by atoms with Gasteiger partial charge in [0, 0.05) is 5.69 Å². The summed E-state index contributed by atoms with van der Waals surface area (Å²) in [7, 11) is -3.90. The zero-order chi connectivity index (χ0) is 17.0. The van der Waals surface area contributed by atoms with Gasteiger partial charge in [0.2, 0.25) is 15.9 Å². The molecular weight excluding hydrogens is 319 g/mol. The molecule has 1 amide bonds. The fraction of sp³-hybridized carbons (Fsp3) is 0.188. The van der Waals surface area contributed by atoms with E-state index in [4.69, 9.17) is 0 Å². The maximum atomic E-state index is 12.9. The van der Waals surface area contributed by atoms with Gasteiger partial charge in [0.15, 0.2) is 0 Å². The molecule has 2 aromatic carbocycles. The van der Waals surface area contributed by atoms with Crippen LogP contribution in [0.25, 0.3) is 0 Å². The molecule has 0 radical (unpaired) electrons. The van der Waals surface area contributed by atoms with Crippen molar-refractivity contribution >= 4 is 21.6 Å². The normalized spacial score (nSPS) is 12.7. The van der Waals surface area contributed by atoms with Crippen molar-refractivity contribution in [1.82, 2.24) is 4.72 Å². The first-order valence-electron chi connectivity index (χ1n) is 6.93. The molecule has 0 saturated carbocycles. The van der Waals surface area contributed by atoms with Crippen molar-refractivity contribution in [2.24, 2.45) is 0 Å². The van der Waals surface area contributed by atoms with E-state index in [-0.39, 0.29) is 4.90 Å². The summed E-state index contributed by atoms with van der Waals surface area (Å²) >= 11 is 0. The molecule has 2 rings (SSSR count). The van der Waals surface area contributed by atoms with Gasteiger partial charge in [-0.1, -0.05) is 12.1 Å². The SMILES string of the molecule is Cc1cccc(NC(=O)[C@@H](C)NS(=O)(=O)c2ccc(F)cc2)c1. The first kappa shape index (κ1) is 17.1. The summed E-state index contributed by atoms with van der Waals surface area (Å²) in [6.45, 7) is 3.32. The Balaban J connectivity index is 2.06. The predicted molar refractivity (Wildman–Crippen MR) is 86.0 cm³/mol. The van der Waals surface area contributed by atoms with Gasteiger partial charge in [-0.2, -0.15) is 4.72 Å². The number of carbonyl (C=O) groups is 1. The van der Waals surface area contributed by atoms with Crippen molar-refractivity contribution in [2.45, 2.75) is 24.8 Å². The molecule has 1 atom stereocenters. The van der Waals surface area contributed by atoms with Crippen LogP contribution in [0.3, 0.4) is 0 Å². The molecule has 2 N–H and O–H groups in total. The van der Waals surface area contributed by atoms with E-state index in [0.29, 0.717) is 5.69 Å². The van der Waals surface area contributed by atoms with Gasteiger partial charge in [-0.25, -0.2) is 12.8 Å². The summed E-state index contributed by atoms with van der Waals surface area (Å²) < 4.78 is 39.4. The maximum absolute atomic E-state index is 12.9. The van der Waals surface area contributed by atoms with Crippen LogP contribution in [0.4, 0.5) is 10.1 Å². The summed E-state index contributed by atoms with van der Waals surface area (Å²) in [5, 5.41) is 2.64. The molecule has 0 saturated heterocycles. The van der Waals surface area contributed by atoms with Gasteiger partial charge >= 0.3 is 0 Å². The minimum Gasteiger partial charge on any atom is -0.325 e. The number of amides is 1. The van der Waals surface area contributed by atoms with E-state index in [1.807, 2.05) is 13.0 Å². The monoisotopic (exact) mass is 336 g/mol. The van der Waals surface area contributed by atoms with E-state index in [1.54, 1.807) is 18.2 Å². The lowest BCUT2D eigenvalue weighted by molar-refractivity contribution is -0.117. The highest BCUT2D eigenvalue weighted by atomic mass is 32.2. The first-order valence-corrected chi connectivity index (χ1v) is 8.42. The zero-order valence-corrected chi connectivity index (χ0v) is 13.5. The maximum Gasteiger partial charge on any atom is 0.242 e. The van der Waals surface area contributed by atoms with Gasteiger partial charge in [-0.15, -0.1) is 0 Å². The summed E-state index contributed by atoms with van der Waals surface area (Å²) in [5.74, 6) is -1.02. The third-order valence-corrected chi connectivity index (χ3v) is 4.69. The lowest BCUT2D eigenvalue weighted by Gasteiger charge is -2.14. The van der Waals surface area contributed by atoms with Gasteiger partial charge in [0.1, 0.15) is 5.82 Å². The second-order valence-electron chi connectivity index (χ2n) is 5.16. The first-order chi connectivity index (χ1) is 10.8. The molecule has 0 aliphatic carbocycles. The van der Waals surface area contributed by atoms with Crippen LogP contribution >= 0.6 is 0 Å². The fourth-order valence-electron chi connectivity index (χ4n) is 1.94. The number of rotatable bonds is 5. The molecule has 2 aromatic rings. The minimum atomic E-state index is -3.90. The van der Waals surface area contributed by atoms with Gasteiger partial charge in [-0.05, 0) is 55.8 Å². The van der Waals surface area contributed by atoms with Crippen molar-refractivity contribution < 1.29 is 17.6 Å². The molecule has 122 valence electrons. The minimum absolute atomic E-state index is 0.103. The quantitative estimate of drug-likeness (QED) is 0.880. The van der Waals surface area contributed by atoms with Crippen LogP contribution in [0.15, 0.2) is 53.4 Å². The van der Waals surface area contributed by atoms with Crippen LogP contribution in [-0.4, -0.2) is 20.4 Å². The number of halogens is 1. The molecule has 0 aliphatic heterocycles. The van der Waals surface area contributed by atoms with Crippen LogP contribution in [0.2, 0.25) is 0 Å². The Hall–Kier alpha value is -2.25. The number of aryl methyl sites for hydroxylation is 1. The predicted octanol–water partition coefficient (Wildman–Crippen LogP) is 2.44. The van der Waals surface area contributed by atoms with Crippen molar-refractivity contribution in [1.29, 1.82) is 0 Å². The van der Waals surface area contributed by atoms with E-state index < -0.39 is 27.8 Å². The Morgan fingerprint density at radius 2 is 1.78 bits per heavy atom. The molecule has 0 aromatic heterocycles. The van der Waals surface area contributed by atoms with Crippen molar-refractivity contribution in [3.8, 4) is 0 Å². The average molecular weight is 336 g/mol. The van der Waals surface area contributed by atoms with Crippen LogP contribution in [0, 0.1) is 12.7 Å². The Bertz CT molecular complexity index is 804. The third-order valence-electron chi connectivity index (χ3n) is 3.13. The Morgan fingerprint density at radius 3 is 2.39 bits per heavy atom. The van der Waals surface area contributed by atoms with E-state index in [2.05, 4.69) is 10.0 Å². The highest BCUT2D eigenvalue weighted by molar-refractivity contribution is 7.89. The largest absolute Gasteiger partial charge is 0.325 e. The van der Waals surface area contributed by atoms with Crippen molar-refractivity contribution in [3.63, 3.8) is 0 Å². The zero-order valence-electron chi connectivity index (χ0n) is 12.7. The summed E-state index contributed by atoms with van der Waals surface area (Å²) in [6.07, 6.45) is 0. The lowest BCUT2D eigenvalue weighted by Crippen LogP contribution is -2.41. The highest BCUT2D eigenvalue weighted by Crippen LogP contribution is 2.12. The van der Waals surface area contributed by atoms with Gasteiger partial charge in [0.25, 0.3) is 0 Å². The van der Waals surface area contributed by atoms with E-state index in [1.165, 1.54) is 6.92 Å². The topological polar surface area (TPSA) is 75.3 Å². The molecule has 0 fully saturated rings. The smallest absolute Gasteiger partial charge is 0.242 e. The molecule has 23 heavy (non-hydrogen) atoms. The number of sulfonamides is 1. The number of hydrogen-bond donors (Lipinski definition) is 2. The molecule has 0 heterocycles. The molecule has 0 aliphatic rings. The van der Waals surface area contributed by atoms with E-state index in [9.17, 15) is 17.6 Å². The Kier molecular flexibility index (Phi) is 5.12. The van der Waals surface area contributed by atoms with Crippen LogP contribution in [0.5, 0.6) is 0 Å². The van der Waals surface area contributed by atoms with E-state index >= 15 is 0 Å². The molecular formula is C16H17FN2O3S. The number of carbonyl (C=O) groups excluding carboxylic acids is 1. The molecule has 7 heteroatoms. The molecule has 0 spiro atoms. The number of nitrogens with one attached hydrogen (secondary N) is 2. The second kappa shape index (κ2) is 6.89. The highest BCUT2D eigenvalue weighted by Gasteiger charge is 2.22.